The molecule has 1 heterocycles. The molecular formula is C28H22BrF5N2O4S. The van der Waals surface area contributed by atoms with Crippen molar-refractivity contribution < 1.29 is 39.6 Å². The lowest BCUT2D eigenvalue weighted by Crippen LogP contribution is -2.31. The van der Waals surface area contributed by atoms with Crippen LogP contribution in [-0.2, 0) is 29.2 Å². The maximum Gasteiger partial charge on any atom is 0.416 e. The third kappa shape index (κ3) is 5.96. The number of benzene rings is 3. The zero-order chi connectivity index (χ0) is 29.9. The number of anilines is 1. The summed E-state index contributed by atoms with van der Waals surface area (Å²) in [4.78, 5) is 12.5. The van der Waals surface area contributed by atoms with E-state index in [2.05, 4.69) is 15.9 Å². The molecule has 5 rings (SSSR count). The SMILES string of the molecule is CS(=O)(=O)N(Cc1cc(F)c(Br)cc1C(F)(F)F)c1cc2oc(Cc3ccc(F)cc3)c(C(N)=O)c2cc1C1CC1. The maximum absolute atomic E-state index is 14.4. The van der Waals surface area contributed by atoms with E-state index in [9.17, 15) is 35.2 Å². The van der Waals surface area contributed by atoms with E-state index in [0.29, 0.717) is 41.5 Å². The number of alkyl halides is 3. The second-order valence-corrected chi connectivity index (χ2v) is 12.7. The molecule has 0 radical (unpaired) electrons. The number of nitrogens with two attached hydrogens (primary N) is 1. The smallest absolute Gasteiger partial charge is 0.416 e. The molecule has 4 aromatic rings. The largest absolute Gasteiger partial charge is 0.460 e. The highest BCUT2D eigenvalue weighted by Crippen LogP contribution is 2.48. The minimum Gasteiger partial charge on any atom is -0.460 e. The predicted molar refractivity (Wildman–Crippen MR) is 146 cm³/mol. The zero-order valence-corrected chi connectivity index (χ0v) is 23.8. The number of hydrogen-bond acceptors (Lipinski definition) is 4. The summed E-state index contributed by atoms with van der Waals surface area (Å²) in [5.74, 6) is -2.19. The lowest BCUT2D eigenvalue weighted by atomic mass is 10.00. The second kappa shape index (κ2) is 10.4. The van der Waals surface area contributed by atoms with Gasteiger partial charge in [0.05, 0.1) is 34.1 Å². The van der Waals surface area contributed by atoms with Crippen LogP contribution < -0.4 is 10.0 Å². The van der Waals surface area contributed by atoms with Gasteiger partial charge in [-0.2, -0.15) is 13.2 Å². The minimum absolute atomic E-state index is 0.0528. The molecule has 6 nitrogen and oxygen atoms in total. The average Bonchev–Trinajstić information content (AvgIpc) is 3.64. The quantitative estimate of drug-likeness (QED) is 0.206. The number of rotatable bonds is 8. The summed E-state index contributed by atoms with van der Waals surface area (Å²) in [6.07, 6.45) is -2.60. The number of hydrogen-bond donors (Lipinski definition) is 1. The van der Waals surface area contributed by atoms with E-state index in [0.717, 1.165) is 10.6 Å². The highest BCUT2D eigenvalue weighted by Gasteiger charge is 2.37. The van der Waals surface area contributed by atoms with Gasteiger partial charge in [0.1, 0.15) is 23.0 Å². The summed E-state index contributed by atoms with van der Waals surface area (Å²) >= 11 is 2.76. The van der Waals surface area contributed by atoms with Crippen molar-refractivity contribution in [2.24, 2.45) is 5.73 Å². The molecule has 1 aliphatic rings. The molecule has 0 atom stereocenters. The molecule has 216 valence electrons. The lowest BCUT2D eigenvalue weighted by molar-refractivity contribution is -0.138. The number of primary amides is 1. The van der Waals surface area contributed by atoms with E-state index in [1.54, 1.807) is 6.07 Å². The second-order valence-electron chi connectivity index (χ2n) is 9.94. The average molecular weight is 657 g/mol. The fourth-order valence-electron chi connectivity index (χ4n) is 4.84. The van der Waals surface area contributed by atoms with Gasteiger partial charge in [-0.1, -0.05) is 12.1 Å². The van der Waals surface area contributed by atoms with Crippen molar-refractivity contribution in [3.8, 4) is 0 Å². The Labute approximate surface area is 240 Å². The minimum atomic E-state index is -4.88. The number of sulfonamides is 1. The molecule has 1 amide bonds. The van der Waals surface area contributed by atoms with Gasteiger partial charge in [-0.3, -0.25) is 9.10 Å². The Bertz CT molecular complexity index is 1780. The molecule has 1 saturated carbocycles. The van der Waals surface area contributed by atoms with Gasteiger partial charge < -0.3 is 10.2 Å². The molecule has 0 saturated heterocycles. The number of halogens is 6. The van der Waals surface area contributed by atoms with Gasteiger partial charge in [0.2, 0.25) is 10.0 Å². The number of amides is 1. The fraction of sp³-hybridized carbons (Fsp3) is 0.250. The van der Waals surface area contributed by atoms with Crippen molar-refractivity contribution in [1.82, 2.24) is 0 Å². The summed E-state index contributed by atoms with van der Waals surface area (Å²) in [7, 11) is -4.21. The van der Waals surface area contributed by atoms with Crippen LogP contribution in [0.5, 0.6) is 0 Å². The molecule has 1 aliphatic carbocycles. The van der Waals surface area contributed by atoms with Crippen LogP contribution in [-0.4, -0.2) is 20.6 Å². The van der Waals surface area contributed by atoms with E-state index in [4.69, 9.17) is 10.2 Å². The van der Waals surface area contributed by atoms with Crippen molar-refractivity contribution in [2.75, 3.05) is 10.6 Å². The monoisotopic (exact) mass is 656 g/mol. The van der Waals surface area contributed by atoms with Crippen LogP contribution in [0.3, 0.4) is 0 Å². The molecule has 13 heteroatoms. The predicted octanol–water partition coefficient (Wildman–Crippen LogP) is 7.03. The fourth-order valence-corrected chi connectivity index (χ4v) is 6.07. The molecule has 0 unspecified atom stereocenters. The van der Waals surface area contributed by atoms with Crippen molar-refractivity contribution in [3.05, 3.63) is 98.2 Å². The van der Waals surface area contributed by atoms with Crippen LogP contribution >= 0.6 is 15.9 Å². The third-order valence-electron chi connectivity index (χ3n) is 6.89. The normalized spacial score (nSPS) is 14.0. The maximum atomic E-state index is 14.4. The Kier molecular flexibility index (Phi) is 7.39. The van der Waals surface area contributed by atoms with Crippen LogP contribution in [0.15, 0.2) is 57.4 Å². The van der Waals surface area contributed by atoms with Crippen LogP contribution in [0.1, 0.15) is 57.1 Å². The molecule has 41 heavy (non-hydrogen) atoms. The Morgan fingerprint density at radius 3 is 2.32 bits per heavy atom. The van der Waals surface area contributed by atoms with Crippen LogP contribution in [0.25, 0.3) is 11.0 Å². The first kappa shape index (κ1) is 29.1. The summed E-state index contributed by atoms with van der Waals surface area (Å²) in [6, 6.07) is 9.66. The Balaban J connectivity index is 1.68. The van der Waals surface area contributed by atoms with Gasteiger partial charge in [0.15, 0.2) is 0 Å². The van der Waals surface area contributed by atoms with Crippen molar-refractivity contribution >= 4 is 48.5 Å². The molecule has 3 aromatic carbocycles. The van der Waals surface area contributed by atoms with Gasteiger partial charge in [0.25, 0.3) is 5.91 Å². The number of carbonyl (C=O) groups is 1. The Hall–Kier alpha value is -3.45. The summed E-state index contributed by atoms with van der Waals surface area (Å²) in [6.45, 7) is -0.811. The summed E-state index contributed by atoms with van der Waals surface area (Å²) < 4.78 is 102. The van der Waals surface area contributed by atoms with Crippen LogP contribution in [0, 0.1) is 11.6 Å². The topological polar surface area (TPSA) is 93.6 Å². The van der Waals surface area contributed by atoms with Gasteiger partial charge in [0, 0.05) is 17.9 Å². The molecule has 0 aliphatic heterocycles. The van der Waals surface area contributed by atoms with Crippen molar-refractivity contribution in [1.29, 1.82) is 0 Å². The first-order valence-electron chi connectivity index (χ1n) is 12.3. The molecule has 2 N–H and O–H groups in total. The van der Waals surface area contributed by atoms with Crippen molar-refractivity contribution in [3.63, 3.8) is 0 Å². The molecule has 1 fully saturated rings. The highest BCUT2D eigenvalue weighted by atomic mass is 79.9. The van der Waals surface area contributed by atoms with Gasteiger partial charge in [-0.25, -0.2) is 17.2 Å². The first-order chi connectivity index (χ1) is 19.1. The summed E-state index contributed by atoms with van der Waals surface area (Å²) in [5, 5.41) is 0.319. The highest BCUT2D eigenvalue weighted by molar-refractivity contribution is 9.10. The number of furan rings is 1. The van der Waals surface area contributed by atoms with Crippen LogP contribution in [0.2, 0.25) is 0 Å². The molecule has 0 spiro atoms. The van der Waals surface area contributed by atoms with E-state index >= 15 is 0 Å². The zero-order valence-electron chi connectivity index (χ0n) is 21.4. The third-order valence-corrected chi connectivity index (χ3v) is 8.62. The van der Waals surface area contributed by atoms with Gasteiger partial charge in [-0.15, -0.1) is 0 Å². The summed E-state index contributed by atoms with van der Waals surface area (Å²) in [5.41, 5.74) is 5.21. The standard InChI is InChI=1S/C28H22BrF5N2O4S/c1-41(38,39)36(13-16-9-22(31)21(29)11-20(16)28(32,33)34)23-12-24-19(10-18(23)15-4-5-15)26(27(35)37)25(40-24)8-14-2-6-17(30)7-3-14/h2-3,6-7,9-12,15H,4-5,8,13H2,1H3,(H2,35,37). The van der Waals surface area contributed by atoms with Crippen molar-refractivity contribution in [2.45, 2.75) is 37.9 Å². The van der Waals surface area contributed by atoms with E-state index in [1.165, 1.54) is 30.3 Å². The number of nitrogens with zero attached hydrogens (tertiary/aromatic N) is 1. The Morgan fingerprint density at radius 1 is 1.10 bits per heavy atom. The first-order valence-corrected chi connectivity index (χ1v) is 14.9. The Morgan fingerprint density at radius 2 is 1.76 bits per heavy atom. The molecular weight excluding hydrogens is 635 g/mol. The van der Waals surface area contributed by atoms with Crippen LogP contribution in [0.4, 0.5) is 27.6 Å². The lowest BCUT2D eigenvalue weighted by Gasteiger charge is -2.27. The van der Waals surface area contributed by atoms with E-state index in [-0.39, 0.29) is 34.9 Å². The van der Waals surface area contributed by atoms with Gasteiger partial charge >= 0.3 is 6.18 Å². The van der Waals surface area contributed by atoms with E-state index in [1.807, 2.05) is 0 Å². The van der Waals surface area contributed by atoms with Gasteiger partial charge in [-0.05, 0) is 81.7 Å². The molecule has 0 bridgehead atoms. The number of carbonyl (C=O) groups excluding carboxylic acids is 1. The molecule has 1 aromatic heterocycles. The van der Waals surface area contributed by atoms with E-state index < -0.39 is 55.9 Å². The number of fused-ring (bicyclic) bond motifs is 1.